The van der Waals surface area contributed by atoms with Crippen molar-refractivity contribution in [1.82, 2.24) is 10.3 Å². The van der Waals surface area contributed by atoms with Crippen molar-refractivity contribution >= 4 is 22.8 Å². The van der Waals surface area contributed by atoms with Gasteiger partial charge in [0.2, 0.25) is 5.91 Å². The van der Waals surface area contributed by atoms with Crippen LogP contribution in [0.25, 0.3) is 10.9 Å². The summed E-state index contributed by atoms with van der Waals surface area (Å²) in [7, 11) is 0. The lowest BCUT2D eigenvalue weighted by Gasteiger charge is -2.19. The molecular formula is C23H26N2O3. The van der Waals surface area contributed by atoms with Crippen LogP contribution in [-0.4, -0.2) is 23.0 Å². The Morgan fingerprint density at radius 3 is 2.50 bits per heavy atom. The molecule has 3 aromatic rings. The normalized spacial score (nSPS) is 12.1. The quantitative estimate of drug-likeness (QED) is 0.605. The molecule has 28 heavy (non-hydrogen) atoms. The molecule has 1 aromatic heterocycles. The number of amides is 1. The molecule has 0 aliphatic carbocycles. The molecule has 5 nitrogen and oxygen atoms in total. The van der Waals surface area contributed by atoms with Crippen molar-refractivity contribution in [3.05, 3.63) is 71.4 Å². The number of ether oxygens (including phenoxy) is 1. The maximum atomic E-state index is 12.7. The molecule has 0 aliphatic rings. The zero-order valence-electron chi connectivity index (χ0n) is 16.5. The highest BCUT2D eigenvalue weighted by atomic mass is 16.5. The van der Waals surface area contributed by atoms with Gasteiger partial charge >= 0.3 is 5.97 Å². The number of aromatic amines is 1. The number of carbonyl (C=O) groups is 2. The van der Waals surface area contributed by atoms with E-state index >= 15 is 0 Å². The van der Waals surface area contributed by atoms with Crippen LogP contribution >= 0.6 is 0 Å². The number of fused-ring (bicyclic) bond motifs is 1. The molecule has 1 atom stereocenters. The molecule has 3 rings (SSSR count). The third kappa shape index (κ3) is 5.00. The summed E-state index contributed by atoms with van der Waals surface area (Å²) < 4.78 is 5.28. The maximum Gasteiger partial charge on any atom is 0.308 e. The Morgan fingerprint density at radius 1 is 1.07 bits per heavy atom. The summed E-state index contributed by atoms with van der Waals surface area (Å²) in [6, 6.07) is 15.3. The number of hydrogen-bond donors (Lipinski definition) is 2. The van der Waals surface area contributed by atoms with Gasteiger partial charge in [-0.2, -0.15) is 0 Å². The minimum atomic E-state index is -0.426. The van der Waals surface area contributed by atoms with Crippen LogP contribution in [-0.2, 0) is 20.7 Å². The summed E-state index contributed by atoms with van der Waals surface area (Å²) >= 11 is 0. The fourth-order valence-corrected chi connectivity index (χ4v) is 3.22. The van der Waals surface area contributed by atoms with Gasteiger partial charge in [-0.15, -0.1) is 0 Å². The van der Waals surface area contributed by atoms with E-state index in [2.05, 4.69) is 10.3 Å². The largest absolute Gasteiger partial charge is 0.463 e. The standard InChI is InChI=1S/C23H26N2O3/c1-15(2)28-23(27)13-21(17-10-8-16(3)9-11-17)25-22(26)12-18-14-24-20-7-5-4-6-19(18)20/h4-11,14-15,21,24H,12-13H2,1-3H3,(H,25,26). The van der Waals surface area contributed by atoms with Gasteiger partial charge in [-0.05, 0) is 38.0 Å². The van der Waals surface area contributed by atoms with Gasteiger partial charge in [-0.3, -0.25) is 9.59 Å². The fourth-order valence-electron chi connectivity index (χ4n) is 3.22. The molecular weight excluding hydrogens is 352 g/mol. The van der Waals surface area contributed by atoms with Crippen LogP contribution in [0.1, 0.15) is 43.0 Å². The lowest BCUT2D eigenvalue weighted by molar-refractivity contribution is -0.148. The number of rotatable bonds is 7. The van der Waals surface area contributed by atoms with E-state index in [4.69, 9.17) is 4.74 Å². The number of para-hydroxylation sites is 1. The monoisotopic (exact) mass is 378 g/mol. The van der Waals surface area contributed by atoms with E-state index in [9.17, 15) is 9.59 Å². The first-order chi connectivity index (χ1) is 13.4. The molecule has 1 heterocycles. The van der Waals surface area contributed by atoms with E-state index in [1.165, 1.54) is 0 Å². The smallest absolute Gasteiger partial charge is 0.308 e. The van der Waals surface area contributed by atoms with Crippen molar-refractivity contribution in [2.24, 2.45) is 0 Å². The molecule has 0 fully saturated rings. The van der Waals surface area contributed by atoms with Crippen LogP contribution in [0.3, 0.4) is 0 Å². The number of nitrogens with one attached hydrogen (secondary N) is 2. The van der Waals surface area contributed by atoms with Gasteiger partial charge < -0.3 is 15.0 Å². The first-order valence-corrected chi connectivity index (χ1v) is 9.53. The second-order valence-corrected chi connectivity index (χ2v) is 7.31. The van der Waals surface area contributed by atoms with E-state index in [1.54, 1.807) is 0 Å². The van der Waals surface area contributed by atoms with Gasteiger partial charge in [0, 0.05) is 17.1 Å². The van der Waals surface area contributed by atoms with Gasteiger partial charge in [0.05, 0.1) is 25.0 Å². The Morgan fingerprint density at radius 2 is 1.79 bits per heavy atom. The Kier molecular flexibility index (Phi) is 6.14. The van der Waals surface area contributed by atoms with Crippen LogP contribution in [0, 0.1) is 6.92 Å². The molecule has 146 valence electrons. The SMILES string of the molecule is Cc1ccc(C(CC(=O)OC(C)C)NC(=O)Cc2c[nH]c3ccccc23)cc1. The Labute approximate surface area is 165 Å². The summed E-state index contributed by atoms with van der Waals surface area (Å²) in [5.41, 5.74) is 3.94. The Hall–Kier alpha value is -3.08. The van der Waals surface area contributed by atoms with Gasteiger partial charge in [0.15, 0.2) is 0 Å². The predicted molar refractivity (Wildman–Crippen MR) is 110 cm³/mol. The minimum absolute atomic E-state index is 0.0981. The van der Waals surface area contributed by atoms with Crippen LogP contribution < -0.4 is 5.32 Å². The van der Waals surface area contributed by atoms with Crippen molar-refractivity contribution in [3.63, 3.8) is 0 Å². The fraction of sp³-hybridized carbons (Fsp3) is 0.304. The average Bonchev–Trinajstić information content (AvgIpc) is 3.04. The molecule has 1 unspecified atom stereocenters. The molecule has 0 spiro atoms. The molecule has 0 aliphatic heterocycles. The number of aromatic nitrogens is 1. The molecule has 2 N–H and O–H groups in total. The van der Waals surface area contributed by atoms with Crippen molar-refractivity contribution in [1.29, 1.82) is 0 Å². The maximum absolute atomic E-state index is 12.7. The first-order valence-electron chi connectivity index (χ1n) is 9.53. The number of esters is 1. The highest BCUT2D eigenvalue weighted by molar-refractivity contribution is 5.89. The van der Waals surface area contributed by atoms with Crippen LogP contribution in [0.5, 0.6) is 0 Å². The molecule has 0 saturated heterocycles. The van der Waals surface area contributed by atoms with E-state index in [0.717, 1.165) is 27.6 Å². The number of hydrogen-bond acceptors (Lipinski definition) is 3. The molecule has 0 radical (unpaired) electrons. The van der Waals surface area contributed by atoms with Crippen molar-refractivity contribution in [2.75, 3.05) is 0 Å². The van der Waals surface area contributed by atoms with Crippen LogP contribution in [0.2, 0.25) is 0 Å². The van der Waals surface area contributed by atoms with Crippen molar-refractivity contribution in [3.8, 4) is 0 Å². The second kappa shape index (κ2) is 8.74. The lowest BCUT2D eigenvalue weighted by Crippen LogP contribution is -2.32. The van der Waals surface area contributed by atoms with Gasteiger partial charge in [-0.25, -0.2) is 0 Å². The highest BCUT2D eigenvalue weighted by Crippen LogP contribution is 2.21. The minimum Gasteiger partial charge on any atom is -0.463 e. The first kappa shape index (κ1) is 19.7. The topological polar surface area (TPSA) is 71.2 Å². The molecule has 0 bridgehead atoms. The van der Waals surface area contributed by atoms with Crippen LogP contribution in [0.4, 0.5) is 0 Å². The van der Waals surface area contributed by atoms with Gasteiger partial charge in [0.1, 0.15) is 0 Å². The zero-order valence-corrected chi connectivity index (χ0v) is 16.5. The number of benzene rings is 2. The summed E-state index contributed by atoms with van der Waals surface area (Å²) in [6.07, 6.45) is 2.01. The number of H-pyrrole nitrogens is 1. The summed E-state index contributed by atoms with van der Waals surface area (Å²) in [4.78, 5) is 28.1. The van der Waals surface area contributed by atoms with E-state index in [0.29, 0.717) is 0 Å². The van der Waals surface area contributed by atoms with E-state index in [1.807, 2.05) is 75.5 Å². The molecule has 5 heteroatoms. The lowest BCUT2D eigenvalue weighted by atomic mass is 10.0. The average molecular weight is 378 g/mol. The van der Waals surface area contributed by atoms with Crippen molar-refractivity contribution in [2.45, 2.75) is 45.8 Å². The van der Waals surface area contributed by atoms with Crippen LogP contribution in [0.15, 0.2) is 54.7 Å². The van der Waals surface area contributed by atoms with E-state index in [-0.39, 0.29) is 30.8 Å². The highest BCUT2D eigenvalue weighted by Gasteiger charge is 2.20. The second-order valence-electron chi connectivity index (χ2n) is 7.31. The third-order valence-electron chi connectivity index (χ3n) is 4.58. The van der Waals surface area contributed by atoms with Crippen molar-refractivity contribution < 1.29 is 14.3 Å². The molecule has 0 saturated carbocycles. The van der Waals surface area contributed by atoms with Gasteiger partial charge in [-0.1, -0.05) is 48.0 Å². The zero-order chi connectivity index (χ0) is 20.1. The summed E-state index contributed by atoms with van der Waals surface area (Å²) in [5, 5.41) is 4.04. The predicted octanol–water partition coefficient (Wildman–Crippen LogP) is 4.22. The number of aryl methyl sites for hydroxylation is 1. The van der Waals surface area contributed by atoms with Gasteiger partial charge in [0.25, 0.3) is 0 Å². The Bertz CT molecular complexity index is 957. The summed E-state index contributed by atoms with van der Waals surface area (Å²) in [5.74, 6) is -0.458. The summed E-state index contributed by atoms with van der Waals surface area (Å²) in [6.45, 7) is 5.63. The number of carbonyl (C=O) groups excluding carboxylic acids is 2. The van der Waals surface area contributed by atoms with E-state index < -0.39 is 6.04 Å². The Balaban J connectivity index is 1.74. The molecule has 1 amide bonds. The third-order valence-corrected chi connectivity index (χ3v) is 4.58. The molecule has 2 aromatic carbocycles.